The number of carbonyl (C=O) groups excluding carboxylic acids is 2. The molecule has 2 aromatic rings. The van der Waals surface area contributed by atoms with Crippen molar-refractivity contribution >= 4 is 11.9 Å². The zero-order chi connectivity index (χ0) is 22.3. The molecule has 30 heavy (non-hydrogen) atoms. The van der Waals surface area contributed by atoms with Crippen molar-refractivity contribution in [3.05, 3.63) is 59.2 Å². The first-order valence-electron chi connectivity index (χ1n) is 9.19. The number of methoxy groups -OCH3 is 1. The largest absolute Gasteiger partial charge is 0.493 e. The second kappa shape index (κ2) is 10.00. The maximum atomic E-state index is 13.6. The average molecular weight is 424 g/mol. The Morgan fingerprint density at radius 3 is 2.33 bits per heavy atom. The van der Waals surface area contributed by atoms with Crippen molar-refractivity contribution in [1.29, 1.82) is 0 Å². The van der Waals surface area contributed by atoms with Crippen LogP contribution in [0.15, 0.2) is 42.5 Å². The van der Waals surface area contributed by atoms with Gasteiger partial charge < -0.3 is 14.4 Å². The molecule has 162 valence electrons. The number of hydrogen-bond acceptors (Lipinski definition) is 4. The molecule has 0 aliphatic rings. The van der Waals surface area contributed by atoms with E-state index in [0.29, 0.717) is 19.0 Å². The molecular formula is C21H23F3N2O4. The van der Waals surface area contributed by atoms with Gasteiger partial charge in [0.1, 0.15) is 6.61 Å². The standard InChI is InChI=1S/C21H23F3N2O4/c1-4-10-26(2)20(28)25-19(27)15-11-18(30-13-14-8-6-5-7-9-14)17(29-3)12-16(15)21(22,23)24/h5-9,11-12H,4,10,13H2,1-3H3,(H,25,27,28). The van der Waals surface area contributed by atoms with Crippen LogP contribution in [0.1, 0.15) is 34.8 Å². The zero-order valence-corrected chi connectivity index (χ0v) is 16.9. The highest BCUT2D eigenvalue weighted by molar-refractivity contribution is 6.05. The molecule has 0 atom stereocenters. The number of ether oxygens (including phenoxy) is 2. The lowest BCUT2D eigenvalue weighted by molar-refractivity contribution is -0.138. The normalized spacial score (nSPS) is 11.0. The second-order valence-electron chi connectivity index (χ2n) is 6.50. The van der Waals surface area contributed by atoms with Crippen LogP contribution in [0.5, 0.6) is 11.5 Å². The minimum atomic E-state index is -4.84. The van der Waals surface area contributed by atoms with Crippen molar-refractivity contribution in [2.45, 2.75) is 26.1 Å². The highest BCUT2D eigenvalue weighted by Crippen LogP contribution is 2.39. The molecule has 6 nitrogen and oxygen atoms in total. The second-order valence-corrected chi connectivity index (χ2v) is 6.50. The number of benzene rings is 2. The zero-order valence-electron chi connectivity index (χ0n) is 16.9. The third-order valence-corrected chi connectivity index (χ3v) is 4.22. The molecule has 0 bridgehead atoms. The molecule has 0 aromatic heterocycles. The third kappa shape index (κ3) is 5.88. The summed E-state index contributed by atoms with van der Waals surface area (Å²) in [6, 6.07) is 9.80. The summed E-state index contributed by atoms with van der Waals surface area (Å²) >= 11 is 0. The molecule has 0 saturated carbocycles. The molecule has 9 heteroatoms. The predicted octanol–water partition coefficient (Wildman–Crippen LogP) is 4.48. The van der Waals surface area contributed by atoms with E-state index in [4.69, 9.17) is 9.47 Å². The van der Waals surface area contributed by atoms with E-state index in [2.05, 4.69) is 0 Å². The highest BCUT2D eigenvalue weighted by atomic mass is 19.4. The fourth-order valence-electron chi connectivity index (χ4n) is 2.69. The van der Waals surface area contributed by atoms with E-state index in [1.807, 2.05) is 18.3 Å². The Kier molecular flexibility index (Phi) is 7.68. The number of rotatable bonds is 7. The van der Waals surface area contributed by atoms with Crippen LogP contribution in [-0.2, 0) is 12.8 Å². The number of nitrogens with zero attached hydrogens (tertiary/aromatic N) is 1. The Morgan fingerprint density at radius 1 is 1.10 bits per heavy atom. The fraction of sp³-hybridized carbons (Fsp3) is 0.333. The Morgan fingerprint density at radius 2 is 1.77 bits per heavy atom. The van der Waals surface area contributed by atoms with Crippen molar-refractivity contribution in [3.8, 4) is 11.5 Å². The summed E-state index contributed by atoms with van der Waals surface area (Å²) in [5.74, 6) is -1.40. The van der Waals surface area contributed by atoms with Gasteiger partial charge in [0.2, 0.25) is 0 Å². The number of halogens is 3. The summed E-state index contributed by atoms with van der Waals surface area (Å²) < 4.78 is 51.3. The molecule has 2 aromatic carbocycles. The lowest BCUT2D eigenvalue weighted by Crippen LogP contribution is -2.41. The molecule has 0 aliphatic heterocycles. The molecule has 2 rings (SSSR count). The summed E-state index contributed by atoms with van der Waals surface area (Å²) in [4.78, 5) is 25.8. The van der Waals surface area contributed by atoms with Crippen LogP contribution in [-0.4, -0.2) is 37.5 Å². The van der Waals surface area contributed by atoms with Crippen molar-refractivity contribution in [2.24, 2.45) is 0 Å². The van der Waals surface area contributed by atoms with Crippen LogP contribution in [0.4, 0.5) is 18.0 Å². The van der Waals surface area contributed by atoms with E-state index in [0.717, 1.165) is 11.6 Å². The molecule has 0 spiro atoms. The predicted molar refractivity (Wildman–Crippen MR) is 105 cm³/mol. The summed E-state index contributed by atoms with van der Waals surface area (Å²) in [5, 5.41) is 1.98. The van der Waals surface area contributed by atoms with Gasteiger partial charge in [0.05, 0.1) is 18.2 Å². The first-order chi connectivity index (χ1) is 14.2. The van der Waals surface area contributed by atoms with Crippen molar-refractivity contribution in [3.63, 3.8) is 0 Å². The SMILES string of the molecule is CCCN(C)C(=O)NC(=O)c1cc(OCc2ccccc2)c(OC)cc1C(F)(F)F. The van der Waals surface area contributed by atoms with Crippen LogP contribution in [0, 0.1) is 0 Å². The Hall–Kier alpha value is -3.23. The van der Waals surface area contributed by atoms with Crippen LogP contribution in [0.3, 0.4) is 0 Å². The first-order valence-corrected chi connectivity index (χ1v) is 9.19. The van der Waals surface area contributed by atoms with Gasteiger partial charge in [-0.3, -0.25) is 10.1 Å². The molecule has 0 fully saturated rings. The minimum Gasteiger partial charge on any atom is -0.493 e. The van der Waals surface area contributed by atoms with E-state index in [1.165, 1.54) is 19.1 Å². The average Bonchev–Trinajstić information content (AvgIpc) is 2.71. The van der Waals surface area contributed by atoms with Gasteiger partial charge in [-0.1, -0.05) is 37.3 Å². The fourth-order valence-corrected chi connectivity index (χ4v) is 2.69. The van der Waals surface area contributed by atoms with Crippen LogP contribution < -0.4 is 14.8 Å². The van der Waals surface area contributed by atoms with Gasteiger partial charge >= 0.3 is 12.2 Å². The summed E-state index contributed by atoms with van der Waals surface area (Å²) in [6.07, 6.45) is -4.21. The molecule has 0 radical (unpaired) electrons. The number of nitrogens with one attached hydrogen (secondary N) is 1. The molecule has 0 unspecified atom stereocenters. The Labute approximate surface area is 172 Å². The van der Waals surface area contributed by atoms with Crippen LogP contribution in [0.2, 0.25) is 0 Å². The van der Waals surface area contributed by atoms with Gasteiger partial charge in [-0.2, -0.15) is 13.2 Å². The van der Waals surface area contributed by atoms with Gasteiger partial charge in [0.25, 0.3) is 5.91 Å². The minimum absolute atomic E-state index is 0.0473. The monoisotopic (exact) mass is 424 g/mol. The topological polar surface area (TPSA) is 67.9 Å². The van der Waals surface area contributed by atoms with Crippen molar-refractivity contribution in [2.75, 3.05) is 20.7 Å². The molecule has 0 aliphatic carbocycles. The Balaban J connectivity index is 2.37. The number of imide groups is 1. The lowest BCUT2D eigenvalue weighted by atomic mass is 10.0. The van der Waals surface area contributed by atoms with Crippen LogP contribution >= 0.6 is 0 Å². The maximum absolute atomic E-state index is 13.6. The smallest absolute Gasteiger partial charge is 0.417 e. The van der Waals surface area contributed by atoms with Gasteiger partial charge in [0, 0.05) is 13.6 Å². The molecule has 0 heterocycles. The molecular weight excluding hydrogens is 401 g/mol. The quantitative estimate of drug-likeness (QED) is 0.712. The van der Waals surface area contributed by atoms with E-state index in [1.54, 1.807) is 24.3 Å². The van der Waals surface area contributed by atoms with Crippen molar-refractivity contribution in [1.82, 2.24) is 10.2 Å². The first kappa shape index (κ1) is 23.1. The number of alkyl halides is 3. The van der Waals surface area contributed by atoms with E-state index in [-0.39, 0.29) is 18.1 Å². The number of urea groups is 1. The lowest BCUT2D eigenvalue weighted by Gasteiger charge is -2.19. The number of hydrogen-bond donors (Lipinski definition) is 1. The van der Waals surface area contributed by atoms with Gasteiger partial charge in [0.15, 0.2) is 11.5 Å². The molecule has 0 saturated heterocycles. The summed E-state index contributed by atoms with van der Waals surface area (Å²) in [5.41, 5.74) is -1.18. The highest BCUT2D eigenvalue weighted by Gasteiger charge is 2.37. The Bertz CT molecular complexity index is 886. The van der Waals surface area contributed by atoms with E-state index >= 15 is 0 Å². The van der Waals surface area contributed by atoms with Gasteiger partial charge in [-0.15, -0.1) is 0 Å². The number of carbonyl (C=O) groups is 2. The molecule has 1 N–H and O–H groups in total. The maximum Gasteiger partial charge on any atom is 0.417 e. The van der Waals surface area contributed by atoms with Gasteiger partial charge in [-0.25, -0.2) is 4.79 Å². The summed E-state index contributed by atoms with van der Waals surface area (Å²) in [6.45, 7) is 2.23. The van der Waals surface area contributed by atoms with E-state index < -0.39 is 29.2 Å². The van der Waals surface area contributed by atoms with Crippen molar-refractivity contribution < 1.29 is 32.2 Å². The van der Waals surface area contributed by atoms with Crippen LogP contribution in [0.25, 0.3) is 0 Å². The number of amides is 3. The summed E-state index contributed by atoms with van der Waals surface area (Å²) in [7, 11) is 2.65. The molecule has 3 amide bonds. The van der Waals surface area contributed by atoms with Gasteiger partial charge in [-0.05, 0) is 24.1 Å². The third-order valence-electron chi connectivity index (χ3n) is 4.22. The van der Waals surface area contributed by atoms with E-state index in [9.17, 15) is 22.8 Å².